The topological polar surface area (TPSA) is 62.7 Å². The predicted molar refractivity (Wildman–Crippen MR) is 188 cm³/mol. The normalized spacial score (nSPS) is 15.5. The van der Waals surface area contributed by atoms with Gasteiger partial charge >= 0.3 is 0 Å². The van der Waals surface area contributed by atoms with E-state index in [9.17, 15) is 0 Å². The molecule has 2 aromatic carbocycles. The number of benzene rings is 2. The van der Waals surface area contributed by atoms with Crippen molar-refractivity contribution in [2.24, 2.45) is 11.8 Å². The standard InChI is InChI=1S/C38H56N2O4Si/c1-5-7-9-13-22-41-23-14-12-18-37-42-35-20-19-31(26-36(35)43-37)38-39-27-32(28-40-38)33-16-10-11-17-34(33)44-45-24-21-30(4)25-29(3)15-8-6-2/h10-11,16-17,19-20,26-30,37H,5-9,12-15,18,21-25,45H2,1-4H3. The smallest absolute Gasteiger partial charge is 0.241 e. The minimum Gasteiger partial charge on any atom is -0.549 e. The van der Waals surface area contributed by atoms with Crippen LogP contribution in [0.15, 0.2) is 54.9 Å². The molecule has 0 radical (unpaired) electrons. The van der Waals surface area contributed by atoms with Gasteiger partial charge in [-0.05, 0) is 67.8 Å². The van der Waals surface area contributed by atoms with Gasteiger partial charge in [0.05, 0.1) is 0 Å². The van der Waals surface area contributed by atoms with Crippen molar-refractivity contribution in [3.8, 4) is 39.8 Å². The lowest BCUT2D eigenvalue weighted by Gasteiger charge is -2.17. The third-order valence-corrected chi connectivity index (χ3v) is 9.86. The van der Waals surface area contributed by atoms with Gasteiger partial charge in [0.1, 0.15) is 5.75 Å². The van der Waals surface area contributed by atoms with Crippen LogP contribution in [0.4, 0.5) is 0 Å². The Morgan fingerprint density at radius 1 is 0.778 bits per heavy atom. The SMILES string of the molecule is CCCCCCOCCCCC1Oc2ccc(-c3ncc(-c4ccccc4O[SiH2]CCC(C)CC(C)CCCC)cn3)cc2O1. The van der Waals surface area contributed by atoms with E-state index in [2.05, 4.69) is 39.8 Å². The first kappa shape index (κ1) is 35.0. The Bertz CT molecular complexity index is 1250. The second kappa shape index (κ2) is 19.6. The van der Waals surface area contributed by atoms with Crippen molar-refractivity contribution >= 4 is 9.76 Å². The fraction of sp³-hybridized carbons (Fsp3) is 0.579. The van der Waals surface area contributed by atoms with Gasteiger partial charge in [-0.2, -0.15) is 0 Å². The van der Waals surface area contributed by atoms with E-state index in [0.29, 0.717) is 5.82 Å². The summed E-state index contributed by atoms with van der Waals surface area (Å²) >= 11 is 0. The van der Waals surface area contributed by atoms with E-state index in [4.69, 9.17) is 28.6 Å². The van der Waals surface area contributed by atoms with E-state index in [1.54, 1.807) is 0 Å². The van der Waals surface area contributed by atoms with E-state index in [1.807, 2.05) is 42.7 Å². The van der Waals surface area contributed by atoms with Crippen LogP contribution in [0.2, 0.25) is 6.04 Å². The quantitative estimate of drug-likeness (QED) is 0.0812. The van der Waals surface area contributed by atoms with Crippen LogP contribution in [0, 0.1) is 11.8 Å². The van der Waals surface area contributed by atoms with Gasteiger partial charge in [-0.1, -0.05) is 90.8 Å². The lowest BCUT2D eigenvalue weighted by atomic mass is 9.92. The van der Waals surface area contributed by atoms with E-state index < -0.39 is 9.76 Å². The number of hydrogen-bond acceptors (Lipinski definition) is 6. The second-order valence-corrected chi connectivity index (χ2v) is 14.3. The molecule has 0 bridgehead atoms. The summed E-state index contributed by atoms with van der Waals surface area (Å²) in [5, 5.41) is 0. The Morgan fingerprint density at radius 3 is 2.31 bits per heavy atom. The molecule has 3 atom stereocenters. The maximum absolute atomic E-state index is 6.40. The summed E-state index contributed by atoms with van der Waals surface area (Å²) in [5.74, 6) is 4.73. The fourth-order valence-corrected chi connectivity index (χ4v) is 7.53. The van der Waals surface area contributed by atoms with Crippen LogP contribution in [0.1, 0.15) is 105 Å². The molecule has 0 saturated carbocycles. The van der Waals surface area contributed by atoms with Crippen molar-refractivity contribution in [2.45, 2.75) is 117 Å². The summed E-state index contributed by atoms with van der Waals surface area (Å²) in [4.78, 5) is 9.43. The highest BCUT2D eigenvalue weighted by molar-refractivity contribution is 6.28. The summed E-state index contributed by atoms with van der Waals surface area (Å²) in [5.41, 5.74) is 2.93. The molecule has 1 aromatic heterocycles. The highest BCUT2D eigenvalue weighted by atomic mass is 28.2. The van der Waals surface area contributed by atoms with Crippen LogP contribution >= 0.6 is 0 Å². The van der Waals surface area contributed by atoms with E-state index in [-0.39, 0.29) is 6.29 Å². The highest BCUT2D eigenvalue weighted by Crippen LogP contribution is 2.39. The van der Waals surface area contributed by atoms with Gasteiger partial charge in [0.25, 0.3) is 0 Å². The van der Waals surface area contributed by atoms with Crippen molar-refractivity contribution in [3.05, 3.63) is 54.9 Å². The monoisotopic (exact) mass is 632 g/mol. The summed E-state index contributed by atoms with van der Waals surface area (Å²) in [6, 6.07) is 15.4. The van der Waals surface area contributed by atoms with E-state index >= 15 is 0 Å². The van der Waals surface area contributed by atoms with Crippen molar-refractivity contribution in [1.82, 2.24) is 9.97 Å². The number of hydrogen-bond donors (Lipinski definition) is 0. The predicted octanol–water partition coefficient (Wildman–Crippen LogP) is 9.80. The molecule has 246 valence electrons. The van der Waals surface area contributed by atoms with Gasteiger partial charge in [0, 0.05) is 48.7 Å². The third kappa shape index (κ3) is 11.8. The van der Waals surface area contributed by atoms with Gasteiger partial charge in [-0.3, -0.25) is 0 Å². The van der Waals surface area contributed by atoms with Crippen LogP contribution < -0.4 is 13.9 Å². The van der Waals surface area contributed by atoms with E-state index in [1.165, 1.54) is 57.4 Å². The molecule has 1 aliphatic heterocycles. The molecule has 6 nitrogen and oxygen atoms in total. The summed E-state index contributed by atoms with van der Waals surface area (Å²) in [6.45, 7) is 11.0. The first-order chi connectivity index (χ1) is 22.1. The minimum atomic E-state index is -0.652. The summed E-state index contributed by atoms with van der Waals surface area (Å²) in [6.07, 6.45) is 18.0. The van der Waals surface area contributed by atoms with Crippen molar-refractivity contribution < 1.29 is 18.6 Å². The second-order valence-electron chi connectivity index (χ2n) is 12.9. The molecule has 4 rings (SSSR count). The Balaban J connectivity index is 1.23. The largest absolute Gasteiger partial charge is 0.549 e. The summed E-state index contributed by atoms with van der Waals surface area (Å²) in [7, 11) is -0.652. The molecule has 0 spiro atoms. The zero-order valence-electron chi connectivity index (χ0n) is 28.3. The van der Waals surface area contributed by atoms with Gasteiger partial charge in [0.2, 0.25) is 16.1 Å². The number of unbranched alkanes of at least 4 members (excludes halogenated alkanes) is 5. The van der Waals surface area contributed by atoms with Gasteiger partial charge < -0.3 is 18.6 Å². The molecule has 3 unspecified atom stereocenters. The zero-order valence-corrected chi connectivity index (χ0v) is 29.7. The molecule has 7 heteroatoms. The van der Waals surface area contributed by atoms with Crippen LogP contribution in [0.25, 0.3) is 22.5 Å². The Hall–Kier alpha value is -2.90. The fourth-order valence-electron chi connectivity index (χ4n) is 6.05. The molecule has 0 aliphatic carbocycles. The van der Waals surface area contributed by atoms with Crippen LogP contribution in [0.5, 0.6) is 17.2 Å². The highest BCUT2D eigenvalue weighted by Gasteiger charge is 2.24. The average molecular weight is 633 g/mol. The first-order valence-electron chi connectivity index (χ1n) is 17.7. The lowest BCUT2D eigenvalue weighted by Crippen LogP contribution is -2.17. The number of nitrogens with zero attached hydrogens (tertiary/aromatic N) is 2. The Morgan fingerprint density at radius 2 is 1.51 bits per heavy atom. The number of rotatable bonds is 22. The molecular weight excluding hydrogens is 577 g/mol. The molecule has 1 aliphatic rings. The molecule has 0 fully saturated rings. The van der Waals surface area contributed by atoms with Crippen LogP contribution in [-0.2, 0) is 4.74 Å². The third-order valence-electron chi connectivity index (χ3n) is 8.64. The minimum absolute atomic E-state index is 0.249. The van der Waals surface area contributed by atoms with E-state index in [0.717, 1.165) is 84.7 Å². The van der Waals surface area contributed by atoms with Gasteiger partial charge in [0.15, 0.2) is 17.3 Å². The molecule has 0 saturated heterocycles. The first-order valence-corrected chi connectivity index (χ1v) is 19.2. The molecule has 45 heavy (non-hydrogen) atoms. The molecule has 0 N–H and O–H groups in total. The number of ether oxygens (including phenoxy) is 3. The van der Waals surface area contributed by atoms with Gasteiger partial charge in [-0.15, -0.1) is 0 Å². The lowest BCUT2D eigenvalue weighted by molar-refractivity contribution is 0.0366. The molecule has 2 heterocycles. The van der Waals surface area contributed by atoms with Crippen molar-refractivity contribution in [3.63, 3.8) is 0 Å². The number of fused-ring (bicyclic) bond motifs is 1. The Kier molecular flexibility index (Phi) is 15.2. The number of aromatic nitrogens is 2. The molecule has 3 aromatic rings. The van der Waals surface area contributed by atoms with Gasteiger partial charge in [-0.25, -0.2) is 9.97 Å². The number of para-hydroxylation sites is 1. The van der Waals surface area contributed by atoms with Crippen molar-refractivity contribution in [1.29, 1.82) is 0 Å². The van der Waals surface area contributed by atoms with Crippen LogP contribution in [0.3, 0.4) is 0 Å². The zero-order chi connectivity index (χ0) is 31.7. The maximum Gasteiger partial charge on any atom is 0.241 e. The van der Waals surface area contributed by atoms with Crippen LogP contribution in [-0.4, -0.2) is 39.2 Å². The average Bonchev–Trinajstić information content (AvgIpc) is 3.47. The Labute approximate surface area is 274 Å². The molecule has 0 amide bonds. The summed E-state index contributed by atoms with van der Waals surface area (Å²) < 4.78 is 24.3. The maximum atomic E-state index is 6.40. The van der Waals surface area contributed by atoms with Crippen molar-refractivity contribution in [2.75, 3.05) is 13.2 Å². The molecular formula is C38H56N2O4Si.